The van der Waals surface area contributed by atoms with E-state index < -0.39 is 0 Å². The van der Waals surface area contributed by atoms with Gasteiger partial charge in [-0.3, -0.25) is 4.79 Å². The van der Waals surface area contributed by atoms with Crippen LogP contribution >= 0.6 is 22.9 Å². The zero-order valence-corrected chi connectivity index (χ0v) is 16.9. The minimum absolute atomic E-state index is 0.249. The molecule has 0 aliphatic carbocycles. The number of nitrogens with one attached hydrogen (secondary N) is 1. The molecule has 0 saturated carbocycles. The summed E-state index contributed by atoms with van der Waals surface area (Å²) in [6.45, 7) is 0.706. The number of carbonyl (C=O) groups is 1. The van der Waals surface area contributed by atoms with Crippen molar-refractivity contribution >= 4 is 28.8 Å². The summed E-state index contributed by atoms with van der Waals surface area (Å²) >= 11 is 7.43. The van der Waals surface area contributed by atoms with Crippen LogP contribution in [0.3, 0.4) is 0 Å². The molecule has 4 rings (SSSR count). The van der Waals surface area contributed by atoms with Gasteiger partial charge in [-0.05, 0) is 42.0 Å². The highest BCUT2D eigenvalue weighted by Crippen LogP contribution is 2.32. The largest absolute Gasteiger partial charge is 0.488 e. The number of amides is 1. The minimum Gasteiger partial charge on any atom is -0.488 e. The van der Waals surface area contributed by atoms with Gasteiger partial charge in [0.1, 0.15) is 28.8 Å². The van der Waals surface area contributed by atoms with E-state index in [1.807, 2.05) is 48.5 Å². The number of thiazole rings is 1. The molecule has 1 amide bonds. The van der Waals surface area contributed by atoms with Gasteiger partial charge in [0.05, 0.1) is 18.4 Å². The zero-order chi connectivity index (χ0) is 20.1. The molecule has 2 heterocycles. The molecule has 0 aliphatic rings. The van der Waals surface area contributed by atoms with Gasteiger partial charge in [-0.25, -0.2) is 4.98 Å². The number of hydrogen-bond donors (Lipinski definition) is 1. The van der Waals surface area contributed by atoms with Crippen LogP contribution in [0.2, 0.25) is 5.02 Å². The first-order valence-corrected chi connectivity index (χ1v) is 10.2. The molecular formula is C22H17ClN2O3S. The topological polar surface area (TPSA) is 64.4 Å². The molecule has 2 aromatic carbocycles. The second-order valence-corrected chi connectivity index (χ2v) is 7.51. The van der Waals surface area contributed by atoms with E-state index in [1.165, 1.54) is 11.3 Å². The van der Waals surface area contributed by atoms with Crippen LogP contribution in [0, 0.1) is 0 Å². The van der Waals surface area contributed by atoms with Crippen LogP contribution in [0.5, 0.6) is 5.75 Å². The molecule has 0 saturated heterocycles. The Morgan fingerprint density at radius 2 is 2.03 bits per heavy atom. The first-order chi connectivity index (χ1) is 14.2. The third kappa shape index (κ3) is 4.85. The number of halogens is 1. The molecule has 0 unspecified atom stereocenters. The maximum absolute atomic E-state index is 12.4. The number of ether oxygens (including phenoxy) is 1. The zero-order valence-electron chi connectivity index (χ0n) is 15.3. The lowest BCUT2D eigenvalue weighted by atomic mass is 10.2. The first kappa shape index (κ1) is 19.2. The van der Waals surface area contributed by atoms with Crippen molar-refractivity contribution in [1.29, 1.82) is 0 Å². The molecule has 0 atom stereocenters. The predicted octanol–water partition coefficient (Wildman–Crippen LogP) is 5.57. The fraction of sp³-hybridized carbons (Fsp3) is 0.0909. The number of carbonyl (C=O) groups excluding carboxylic acids is 1. The molecule has 4 aromatic rings. The highest BCUT2D eigenvalue weighted by Gasteiger charge is 2.15. The van der Waals surface area contributed by atoms with Crippen LogP contribution in [-0.2, 0) is 13.2 Å². The Labute approximate surface area is 176 Å². The molecule has 2 aromatic heterocycles. The lowest BCUT2D eigenvalue weighted by Gasteiger charge is -2.10. The Hall–Kier alpha value is -3.09. The second kappa shape index (κ2) is 8.94. The van der Waals surface area contributed by atoms with Crippen molar-refractivity contribution in [3.05, 3.63) is 94.3 Å². The number of aromatic nitrogens is 1. The number of hydrogen-bond acceptors (Lipinski definition) is 5. The first-order valence-electron chi connectivity index (χ1n) is 8.92. The van der Waals surface area contributed by atoms with Crippen LogP contribution in [0.25, 0.3) is 10.6 Å². The number of furan rings is 1. The van der Waals surface area contributed by atoms with E-state index in [-0.39, 0.29) is 5.91 Å². The standard InChI is InChI=1S/C22H17ClN2O3S/c23-16-6-3-5-15(11-16)13-28-20-9-2-1-8-18(20)22-25-19(14-29-22)21(26)24-12-17-7-4-10-27-17/h1-11,14H,12-13H2,(H,24,26). The number of nitrogens with zero attached hydrogens (tertiary/aromatic N) is 1. The van der Waals surface area contributed by atoms with E-state index >= 15 is 0 Å². The van der Waals surface area contributed by atoms with E-state index in [2.05, 4.69) is 10.3 Å². The molecule has 5 nitrogen and oxygen atoms in total. The molecule has 1 N–H and O–H groups in total. The highest BCUT2D eigenvalue weighted by molar-refractivity contribution is 7.13. The van der Waals surface area contributed by atoms with E-state index in [4.69, 9.17) is 20.8 Å². The van der Waals surface area contributed by atoms with Crippen LogP contribution in [-0.4, -0.2) is 10.9 Å². The van der Waals surface area contributed by atoms with Gasteiger partial charge in [-0.1, -0.05) is 35.9 Å². The number of rotatable bonds is 7. The summed E-state index contributed by atoms with van der Waals surface area (Å²) in [5.41, 5.74) is 2.18. The lowest BCUT2D eigenvalue weighted by molar-refractivity contribution is 0.0944. The van der Waals surface area contributed by atoms with Crippen molar-refractivity contribution in [2.24, 2.45) is 0 Å². The minimum atomic E-state index is -0.249. The van der Waals surface area contributed by atoms with E-state index in [0.717, 1.165) is 16.1 Å². The fourth-order valence-corrected chi connectivity index (χ4v) is 3.77. The van der Waals surface area contributed by atoms with Crippen LogP contribution in [0.4, 0.5) is 0 Å². The highest BCUT2D eigenvalue weighted by atomic mass is 35.5. The summed E-state index contributed by atoms with van der Waals surface area (Å²) in [6.07, 6.45) is 1.57. The van der Waals surface area contributed by atoms with Gasteiger partial charge in [0.25, 0.3) is 5.91 Å². The number of benzene rings is 2. The van der Waals surface area contributed by atoms with Crippen molar-refractivity contribution < 1.29 is 13.9 Å². The van der Waals surface area contributed by atoms with Crippen molar-refractivity contribution in [1.82, 2.24) is 10.3 Å². The average Bonchev–Trinajstić information content (AvgIpc) is 3.43. The van der Waals surface area contributed by atoms with Crippen molar-refractivity contribution in [2.45, 2.75) is 13.2 Å². The molecule has 0 radical (unpaired) electrons. The molecule has 0 bridgehead atoms. The van der Waals surface area contributed by atoms with Crippen LogP contribution < -0.4 is 10.1 Å². The van der Waals surface area contributed by atoms with Crippen molar-refractivity contribution in [3.63, 3.8) is 0 Å². The summed E-state index contributed by atoms with van der Waals surface area (Å²) in [6, 6.07) is 18.8. The molecule has 0 aliphatic heterocycles. The van der Waals surface area contributed by atoms with Gasteiger partial charge in [0.15, 0.2) is 0 Å². The van der Waals surface area contributed by atoms with Gasteiger partial charge in [-0.15, -0.1) is 11.3 Å². The molecular weight excluding hydrogens is 408 g/mol. The Morgan fingerprint density at radius 1 is 1.14 bits per heavy atom. The summed E-state index contributed by atoms with van der Waals surface area (Å²) < 4.78 is 11.2. The van der Waals surface area contributed by atoms with E-state index in [0.29, 0.717) is 35.4 Å². The lowest BCUT2D eigenvalue weighted by Crippen LogP contribution is -2.22. The van der Waals surface area contributed by atoms with Crippen molar-refractivity contribution in [3.8, 4) is 16.3 Å². The monoisotopic (exact) mass is 424 g/mol. The van der Waals surface area contributed by atoms with Crippen molar-refractivity contribution in [2.75, 3.05) is 0 Å². The maximum Gasteiger partial charge on any atom is 0.271 e. The molecule has 29 heavy (non-hydrogen) atoms. The summed E-state index contributed by atoms with van der Waals surface area (Å²) in [5, 5.41) is 5.93. The molecule has 0 spiro atoms. The molecule has 7 heteroatoms. The predicted molar refractivity (Wildman–Crippen MR) is 113 cm³/mol. The second-order valence-electron chi connectivity index (χ2n) is 6.21. The van der Waals surface area contributed by atoms with Crippen LogP contribution in [0.1, 0.15) is 21.8 Å². The molecule has 146 valence electrons. The normalized spacial score (nSPS) is 10.7. The van der Waals surface area contributed by atoms with Gasteiger partial charge in [0, 0.05) is 10.4 Å². The summed E-state index contributed by atoms with van der Waals surface area (Å²) in [7, 11) is 0. The Balaban J connectivity index is 1.46. The fourth-order valence-electron chi connectivity index (χ4n) is 2.73. The van der Waals surface area contributed by atoms with E-state index in [1.54, 1.807) is 23.8 Å². The average molecular weight is 425 g/mol. The third-order valence-electron chi connectivity index (χ3n) is 4.14. The molecule has 0 fully saturated rings. The van der Waals surface area contributed by atoms with E-state index in [9.17, 15) is 4.79 Å². The third-order valence-corrected chi connectivity index (χ3v) is 5.25. The van der Waals surface area contributed by atoms with Crippen LogP contribution in [0.15, 0.2) is 76.7 Å². The maximum atomic E-state index is 12.4. The Kier molecular flexibility index (Phi) is 5.93. The quantitative estimate of drug-likeness (QED) is 0.421. The SMILES string of the molecule is O=C(NCc1ccco1)c1csc(-c2ccccc2OCc2cccc(Cl)c2)n1. The summed E-state index contributed by atoms with van der Waals surface area (Å²) in [5.74, 6) is 1.14. The Bertz CT molecular complexity index is 1110. The smallest absolute Gasteiger partial charge is 0.271 e. The van der Waals surface area contributed by atoms with Gasteiger partial charge >= 0.3 is 0 Å². The summed E-state index contributed by atoms with van der Waals surface area (Å²) in [4.78, 5) is 16.8. The van der Waals surface area contributed by atoms with Gasteiger partial charge in [-0.2, -0.15) is 0 Å². The van der Waals surface area contributed by atoms with Gasteiger partial charge < -0.3 is 14.5 Å². The van der Waals surface area contributed by atoms with Gasteiger partial charge in [0.2, 0.25) is 0 Å². The Morgan fingerprint density at radius 3 is 2.86 bits per heavy atom. The number of para-hydroxylation sites is 1.